The SMILES string of the molecule is COC(=O)CC[C@H](C)[C@@H]1CC[C@@H]2[C@H]3CC[C@H]4CCCC[C@]4(C)[C@@H]3C=C[C@@]21C. The molecule has 0 spiro atoms. The summed E-state index contributed by atoms with van der Waals surface area (Å²) in [7, 11) is 1.51. The zero-order chi connectivity index (χ0) is 19.2. The van der Waals surface area contributed by atoms with Crippen molar-refractivity contribution in [2.24, 2.45) is 46.3 Å². The van der Waals surface area contributed by atoms with Crippen LogP contribution in [0.3, 0.4) is 0 Å². The number of carbonyl (C=O) groups is 1. The van der Waals surface area contributed by atoms with E-state index in [-0.39, 0.29) is 5.97 Å². The van der Waals surface area contributed by atoms with Gasteiger partial charge in [0.1, 0.15) is 0 Å². The summed E-state index contributed by atoms with van der Waals surface area (Å²) >= 11 is 0. The van der Waals surface area contributed by atoms with Gasteiger partial charge in [-0.05, 0) is 91.3 Å². The fourth-order valence-electron chi connectivity index (χ4n) is 8.26. The number of rotatable bonds is 4. The van der Waals surface area contributed by atoms with E-state index in [0.717, 1.165) is 36.0 Å². The van der Waals surface area contributed by atoms with Crippen molar-refractivity contribution in [3.05, 3.63) is 12.2 Å². The molecule has 0 heterocycles. The Balaban J connectivity index is 1.54. The Morgan fingerprint density at radius 1 is 1.15 bits per heavy atom. The molecule has 0 radical (unpaired) electrons. The van der Waals surface area contributed by atoms with Gasteiger partial charge in [-0.2, -0.15) is 0 Å². The maximum absolute atomic E-state index is 11.6. The van der Waals surface area contributed by atoms with Gasteiger partial charge >= 0.3 is 5.97 Å². The smallest absolute Gasteiger partial charge is 0.305 e. The second-order valence-corrected chi connectivity index (χ2v) is 10.8. The minimum Gasteiger partial charge on any atom is -0.469 e. The van der Waals surface area contributed by atoms with Crippen molar-refractivity contribution >= 4 is 5.97 Å². The zero-order valence-electron chi connectivity index (χ0n) is 18.0. The molecule has 3 saturated carbocycles. The molecule has 0 bridgehead atoms. The lowest BCUT2D eigenvalue weighted by Crippen LogP contribution is -2.50. The van der Waals surface area contributed by atoms with E-state index in [0.29, 0.717) is 23.2 Å². The molecule has 4 aliphatic rings. The van der Waals surface area contributed by atoms with E-state index < -0.39 is 0 Å². The number of hydrogen-bond donors (Lipinski definition) is 0. The first-order valence-corrected chi connectivity index (χ1v) is 11.7. The minimum absolute atomic E-state index is 0.0515. The average Bonchev–Trinajstić information content (AvgIpc) is 3.02. The summed E-state index contributed by atoms with van der Waals surface area (Å²) in [5, 5.41) is 0. The van der Waals surface area contributed by atoms with E-state index in [9.17, 15) is 4.79 Å². The van der Waals surface area contributed by atoms with Gasteiger partial charge in [0.25, 0.3) is 0 Å². The number of esters is 1. The first-order valence-electron chi connectivity index (χ1n) is 11.7. The number of allylic oxidation sites excluding steroid dienone is 2. The summed E-state index contributed by atoms with van der Waals surface area (Å²) in [6, 6.07) is 0. The number of fused-ring (bicyclic) bond motifs is 5. The molecule has 0 N–H and O–H groups in total. The van der Waals surface area contributed by atoms with Crippen LogP contribution in [-0.4, -0.2) is 13.1 Å². The molecule has 152 valence electrons. The molecule has 4 rings (SSSR count). The van der Waals surface area contributed by atoms with Crippen LogP contribution in [0.4, 0.5) is 0 Å². The Kier molecular flexibility index (Phi) is 5.23. The van der Waals surface area contributed by atoms with E-state index in [4.69, 9.17) is 4.74 Å². The van der Waals surface area contributed by atoms with Crippen molar-refractivity contribution in [2.45, 2.75) is 85.0 Å². The van der Waals surface area contributed by atoms with Gasteiger partial charge in [-0.15, -0.1) is 0 Å². The number of hydrogen-bond acceptors (Lipinski definition) is 2. The molecule has 2 heteroatoms. The van der Waals surface area contributed by atoms with Crippen LogP contribution in [-0.2, 0) is 9.53 Å². The number of carbonyl (C=O) groups excluding carboxylic acids is 1. The van der Waals surface area contributed by atoms with Gasteiger partial charge in [0.05, 0.1) is 7.11 Å². The third kappa shape index (κ3) is 3.10. The molecule has 0 aliphatic heterocycles. The highest BCUT2D eigenvalue weighted by Gasteiger charge is 2.58. The topological polar surface area (TPSA) is 26.3 Å². The van der Waals surface area contributed by atoms with E-state index >= 15 is 0 Å². The normalized spacial score (nSPS) is 46.9. The van der Waals surface area contributed by atoms with Gasteiger partial charge in [0.2, 0.25) is 0 Å². The second-order valence-electron chi connectivity index (χ2n) is 10.8. The van der Waals surface area contributed by atoms with Crippen LogP contribution in [0.1, 0.15) is 85.0 Å². The maximum Gasteiger partial charge on any atom is 0.305 e. The van der Waals surface area contributed by atoms with Gasteiger partial charge in [-0.1, -0.05) is 45.8 Å². The fraction of sp³-hybridized carbons (Fsp3) is 0.880. The summed E-state index contributed by atoms with van der Waals surface area (Å²) in [6.45, 7) is 7.55. The van der Waals surface area contributed by atoms with Gasteiger partial charge in [0.15, 0.2) is 0 Å². The molecule has 0 aromatic rings. The number of ether oxygens (including phenoxy) is 1. The Bertz CT molecular complexity index is 595. The van der Waals surface area contributed by atoms with Gasteiger partial charge in [-0.25, -0.2) is 0 Å². The molecular formula is C25H40O2. The Morgan fingerprint density at radius 3 is 2.74 bits per heavy atom. The van der Waals surface area contributed by atoms with Gasteiger partial charge in [0, 0.05) is 6.42 Å². The lowest BCUT2D eigenvalue weighted by atomic mass is 9.46. The molecule has 0 amide bonds. The standard InChI is InChI=1S/C25H40O2/c1-17(8-13-23(26)27-4)20-11-12-21-19-10-9-18-7-5-6-15-24(18,2)22(19)14-16-25(20,21)3/h14,16-22H,5-13,15H2,1-4H3/t17-,18+,19+,20-,21+,22+,24-,25+/m0/s1. The molecule has 0 aromatic heterocycles. The van der Waals surface area contributed by atoms with Crippen LogP contribution in [0.5, 0.6) is 0 Å². The van der Waals surface area contributed by atoms with E-state index in [1.807, 2.05) is 0 Å². The van der Waals surface area contributed by atoms with Crippen molar-refractivity contribution in [2.75, 3.05) is 7.11 Å². The first kappa shape index (κ1) is 19.5. The highest BCUT2D eigenvalue weighted by molar-refractivity contribution is 5.69. The molecule has 2 nitrogen and oxygen atoms in total. The molecule has 8 atom stereocenters. The van der Waals surface area contributed by atoms with Crippen molar-refractivity contribution in [3.8, 4) is 0 Å². The van der Waals surface area contributed by atoms with E-state index in [1.165, 1.54) is 58.5 Å². The van der Waals surface area contributed by atoms with Crippen LogP contribution in [0.15, 0.2) is 12.2 Å². The average molecular weight is 373 g/mol. The van der Waals surface area contributed by atoms with Crippen LogP contribution in [0, 0.1) is 46.3 Å². The van der Waals surface area contributed by atoms with Crippen molar-refractivity contribution in [3.63, 3.8) is 0 Å². The predicted octanol–water partition coefficient (Wildman–Crippen LogP) is 6.40. The Morgan fingerprint density at radius 2 is 1.96 bits per heavy atom. The molecular weight excluding hydrogens is 332 g/mol. The third-order valence-electron chi connectivity index (χ3n) is 9.81. The quantitative estimate of drug-likeness (QED) is 0.421. The highest BCUT2D eigenvalue weighted by Crippen LogP contribution is 2.66. The summed E-state index contributed by atoms with van der Waals surface area (Å²) in [6.07, 6.45) is 18.4. The highest BCUT2D eigenvalue weighted by atomic mass is 16.5. The summed E-state index contributed by atoms with van der Waals surface area (Å²) in [4.78, 5) is 11.6. The Labute approximate surface area is 166 Å². The molecule has 0 saturated heterocycles. The second kappa shape index (κ2) is 7.23. The minimum atomic E-state index is -0.0515. The van der Waals surface area contributed by atoms with Gasteiger partial charge < -0.3 is 4.74 Å². The lowest BCUT2D eigenvalue weighted by Gasteiger charge is -2.58. The molecule has 3 fully saturated rings. The predicted molar refractivity (Wildman–Crippen MR) is 110 cm³/mol. The van der Waals surface area contributed by atoms with Crippen molar-refractivity contribution in [1.82, 2.24) is 0 Å². The lowest BCUT2D eigenvalue weighted by molar-refractivity contribution is -0.141. The monoisotopic (exact) mass is 372 g/mol. The zero-order valence-corrected chi connectivity index (χ0v) is 18.0. The fourth-order valence-corrected chi connectivity index (χ4v) is 8.26. The van der Waals surface area contributed by atoms with Crippen molar-refractivity contribution < 1.29 is 9.53 Å². The summed E-state index contributed by atoms with van der Waals surface area (Å²) in [5.74, 6) is 4.82. The largest absolute Gasteiger partial charge is 0.469 e. The van der Waals surface area contributed by atoms with Crippen LogP contribution < -0.4 is 0 Å². The third-order valence-corrected chi connectivity index (χ3v) is 9.81. The van der Waals surface area contributed by atoms with E-state index in [1.54, 1.807) is 0 Å². The molecule has 27 heavy (non-hydrogen) atoms. The van der Waals surface area contributed by atoms with Crippen LogP contribution in [0.2, 0.25) is 0 Å². The molecule has 4 aliphatic carbocycles. The molecule has 0 aromatic carbocycles. The first-order chi connectivity index (χ1) is 12.9. The molecule has 0 unspecified atom stereocenters. The van der Waals surface area contributed by atoms with Crippen LogP contribution in [0.25, 0.3) is 0 Å². The number of methoxy groups -OCH3 is 1. The van der Waals surface area contributed by atoms with Crippen LogP contribution >= 0.6 is 0 Å². The van der Waals surface area contributed by atoms with E-state index in [2.05, 4.69) is 32.9 Å². The maximum atomic E-state index is 11.6. The van der Waals surface area contributed by atoms with Crippen molar-refractivity contribution in [1.29, 1.82) is 0 Å². The van der Waals surface area contributed by atoms with Gasteiger partial charge in [-0.3, -0.25) is 4.79 Å². The summed E-state index contributed by atoms with van der Waals surface area (Å²) in [5.41, 5.74) is 0.905. The summed E-state index contributed by atoms with van der Waals surface area (Å²) < 4.78 is 4.87. The Hall–Kier alpha value is -0.790.